The normalized spacial score (nSPS) is 11.1. The quantitative estimate of drug-likeness (QED) is 0.535. The Hall–Kier alpha value is -3.61. The first-order valence-corrected chi connectivity index (χ1v) is 8.69. The average molecular weight is 380 g/mol. The van der Waals surface area contributed by atoms with Gasteiger partial charge in [0.25, 0.3) is 0 Å². The Labute approximate surface area is 161 Å². The predicted octanol–water partition coefficient (Wildman–Crippen LogP) is 3.94. The molecule has 0 aliphatic carbocycles. The number of nitrogens with zero attached hydrogens (tertiary/aromatic N) is 2. The number of hydrogen-bond acceptors (Lipinski definition) is 6. The number of carbonyl (C=O) groups is 2. The second-order valence-electron chi connectivity index (χ2n) is 6.00. The fourth-order valence-corrected chi connectivity index (χ4v) is 2.92. The highest BCUT2D eigenvalue weighted by Gasteiger charge is 2.18. The number of rotatable bonds is 5. The molecule has 1 N–H and O–H groups in total. The number of aromatic hydroxyl groups is 1. The SMILES string of the molecule is CCOC(=O)c1cccc(N=Cc2c(O)c3cc(OC)ccc3n2C(C)=O)c1. The molecule has 0 radical (unpaired) electrons. The van der Waals surface area contributed by atoms with E-state index in [1.165, 1.54) is 24.8 Å². The van der Waals surface area contributed by atoms with Crippen LogP contribution in [-0.2, 0) is 4.74 Å². The van der Waals surface area contributed by atoms with Gasteiger partial charge < -0.3 is 14.6 Å². The van der Waals surface area contributed by atoms with E-state index < -0.39 is 5.97 Å². The van der Waals surface area contributed by atoms with Crippen LogP contribution in [0, 0.1) is 0 Å². The average Bonchev–Trinajstić information content (AvgIpc) is 2.98. The summed E-state index contributed by atoms with van der Waals surface area (Å²) in [5.41, 5.74) is 1.66. The van der Waals surface area contributed by atoms with E-state index in [4.69, 9.17) is 9.47 Å². The minimum absolute atomic E-state index is 0.0746. The number of benzene rings is 2. The molecule has 144 valence electrons. The van der Waals surface area contributed by atoms with Crippen molar-refractivity contribution in [3.63, 3.8) is 0 Å². The van der Waals surface area contributed by atoms with Crippen molar-refractivity contribution in [1.82, 2.24) is 4.57 Å². The molecule has 3 rings (SSSR count). The van der Waals surface area contributed by atoms with Crippen LogP contribution in [0.2, 0.25) is 0 Å². The van der Waals surface area contributed by atoms with E-state index in [-0.39, 0.29) is 24.0 Å². The topological polar surface area (TPSA) is 90.1 Å². The lowest BCUT2D eigenvalue weighted by Crippen LogP contribution is -2.09. The number of methoxy groups -OCH3 is 1. The van der Waals surface area contributed by atoms with E-state index in [9.17, 15) is 14.7 Å². The number of carbonyl (C=O) groups excluding carboxylic acids is 2. The Morgan fingerprint density at radius 1 is 1.21 bits per heavy atom. The number of aliphatic imine (C=N–C) groups is 1. The van der Waals surface area contributed by atoms with E-state index in [0.29, 0.717) is 27.9 Å². The molecule has 0 aliphatic heterocycles. The number of ether oxygens (including phenoxy) is 2. The van der Waals surface area contributed by atoms with Crippen molar-refractivity contribution in [3.8, 4) is 11.5 Å². The molecule has 7 nitrogen and oxygen atoms in total. The highest BCUT2D eigenvalue weighted by Crippen LogP contribution is 2.34. The molecular formula is C21H20N2O5. The summed E-state index contributed by atoms with van der Waals surface area (Å²) in [6.45, 7) is 3.42. The summed E-state index contributed by atoms with van der Waals surface area (Å²) in [7, 11) is 1.53. The molecule has 0 saturated heterocycles. The standard InChI is InChI=1S/C21H20N2O5/c1-4-28-21(26)14-6-5-7-15(10-14)22-12-19-20(25)17-11-16(27-3)8-9-18(17)23(19)13(2)24/h5-12,25H,4H2,1-3H3. The molecular weight excluding hydrogens is 360 g/mol. The fraction of sp³-hybridized carbons (Fsp3) is 0.190. The van der Waals surface area contributed by atoms with Gasteiger partial charge in [-0.25, -0.2) is 4.79 Å². The third-order valence-corrected chi connectivity index (χ3v) is 4.19. The summed E-state index contributed by atoms with van der Waals surface area (Å²) in [5, 5.41) is 11.1. The van der Waals surface area contributed by atoms with Crippen LogP contribution in [0.3, 0.4) is 0 Å². The molecule has 0 atom stereocenters. The molecule has 2 aromatic carbocycles. The van der Waals surface area contributed by atoms with E-state index in [2.05, 4.69) is 4.99 Å². The molecule has 3 aromatic rings. The lowest BCUT2D eigenvalue weighted by atomic mass is 10.2. The van der Waals surface area contributed by atoms with Crippen LogP contribution in [0.4, 0.5) is 5.69 Å². The summed E-state index contributed by atoms with van der Waals surface area (Å²) in [4.78, 5) is 28.4. The minimum Gasteiger partial charge on any atom is -0.505 e. The highest BCUT2D eigenvalue weighted by molar-refractivity contribution is 6.05. The lowest BCUT2D eigenvalue weighted by Gasteiger charge is -2.04. The van der Waals surface area contributed by atoms with Gasteiger partial charge in [0.05, 0.1) is 36.7 Å². The van der Waals surface area contributed by atoms with Gasteiger partial charge in [0.1, 0.15) is 11.4 Å². The van der Waals surface area contributed by atoms with Crippen molar-refractivity contribution < 1.29 is 24.2 Å². The van der Waals surface area contributed by atoms with Gasteiger partial charge in [-0.05, 0) is 43.3 Å². The monoisotopic (exact) mass is 380 g/mol. The summed E-state index contributed by atoms with van der Waals surface area (Å²) < 4.78 is 11.6. The van der Waals surface area contributed by atoms with Gasteiger partial charge >= 0.3 is 5.97 Å². The second-order valence-corrected chi connectivity index (χ2v) is 6.00. The molecule has 28 heavy (non-hydrogen) atoms. The molecule has 0 unspecified atom stereocenters. The van der Waals surface area contributed by atoms with Crippen LogP contribution in [-0.4, -0.2) is 41.5 Å². The first-order valence-electron chi connectivity index (χ1n) is 8.69. The van der Waals surface area contributed by atoms with E-state index >= 15 is 0 Å². The first-order chi connectivity index (χ1) is 13.5. The fourth-order valence-electron chi connectivity index (χ4n) is 2.92. The highest BCUT2D eigenvalue weighted by atomic mass is 16.5. The van der Waals surface area contributed by atoms with Crippen LogP contribution >= 0.6 is 0 Å². The van der Waals surface area contributed by atoms with Crippen LogP contribution in [0.25, 0.3) is 10.9 Å². The zero-order valence-electron chi connectivity index (χ0n) is 15.8. The van der Waals surface area contributed by atoms with Crippen LogP contribution in [0.15, 0.2) is 47.5 Å². The van der Waals surface area contributed by atoms with Crippen molar-refractivity contribution in [1.29, 1.82) is 0 Å². The molecule has 0 amide bonds. The molecule has 1 heterocycles. The van der Waals surface area contributed by atoms with E-state index in [1.54, 1.807) is 49.4 Å². The third kappa shape index (κ3) is 3.59. The lowest BCUT2D eigenvalue weighted by molar-refractivity contribution is 0.0526. The number of fused-ring (bicyclic) bond motifs is 1. The number of esters is 1. The van der Waals surface area contributed by atoms with Crippen molar-refractivity contribution in [2.75, 3.05) is 13.7 Å². The Bertz CT molecular complexity index is 1080. The van der Waals surface area contributed by atoms with Gasteiger partial charge in [-0.3, -0.25) is 14.4 Å². The van der Waals surface area contributed by atoms with Gasteiger partial charge in [0.2, 0.25) is 5.91 Å². The third-order valence-electron chi connectivity index (χ3n) is 4.19. The Kier molecular flexibility index (Phi) is 5.44. The summed E-state index contributed by atoms with van der Waals surface area (Å²) in [6, 6.07) is 11.7. The van der Waals surface area contributed by atoms with Crippen LogP contribution in [0.5, 0.6) is 11.5 Å². The minimum atomic E-state index is -0.438. The maximum absolute atomic E-state index is 12.2. The molecule has 0 bridgehead atoms. The summed E-state index contributed by atoms with van der Waals surface area (Å²) in [6.07, 6.45) is 1.40. The van der Waals surface area contributed by atoms with Crippen molar-refractivity contribution in [2.24, 2.45) is 4.99 Å². The first kappa shape index (κ1) is 19.2. The van der Waals surface area contributed by atoms with Crippen molar-refractivity contribution in [2.45, 2.75) is 13.8 Å². The Balaban J connectivity index is 2.06. The number of hydrogen-bond donors (Lipinski definition) is 1. The molecule has 0 spiro atoms. The largest absolute Gasteiger partial charge is 0.505 e. The number of aromatic nitrogens is 1. The molecule has 7 heteroatoms. The van der Waals surface area contributed by atoms with Gasteiger partial charge in [-0.15, -0.1) is 0 Å². The van der Waals surface area contributed by atoms with Crippen molar-refractivity contribution in [3.05, 3.63) is 53.7 Å². The Morgan fingerprint density at radius 2 is 2.00 bits per heavy atom. The van der Waals surface area contributed by atoms with Gasteiger partial charge in [0, 0.05) is 12.3 Å². The van der Waals surface area contributed by atoms with Crippen LogP contribution < -0.4 is 4.74 Å². The van der Waals surface area contributed by atoms with E-state index in [0.717, 1.165) is 0 Å². The predicted molar refractivity (Wildman–Crippen MR) is 106 cm³/mol. The zero-order chi connectivity index (χ0) is 20.3. The van der Waals surface area contributed by atoms with Gasteiger partial charge in [0.15, 0.2) is 5.75 Å². The van der Waals surface area contributed by atoms with E-state index in [1.807, 2.05) is 0 Å². The smallest absolute Gasteiger partial charge is 0.338 e. The van der Waals surface area contributed by atoms with Gasteiger partial charge in [-0.2, -0.15) is 0 Å². The summed E-state index contributed by atoms with van der Waals surface area (Å²) in [5.74, 6) is -0.215. The molecule has 1 aromatic heterocycles. The molecule has 0 aliphatic rings. The maximum Gasteiger partial charge on any atom is 0.338 e. The van der Waals surface area contributed by atoms with Crippen LogP contribution in [0.1, 0.15) is 34.7 Å². The zero-order valence-corrected chi connectivity index (χ0v) is 15.8. The molecule has 0 fully saturated rings. The second kappa shape index (κ2) is 7.96. The summed E-state index contributed by atoms with van der Waals surface area (Å²) >= 11 is 0. The Morgan fingerprint density at radius 3 is 2.68 bits per heavy atom. The van der Waals surface area contributed by atoms with Crippen molar-refractivity contribution >= 4 is 34.7 Å². The molecule has 0 saturated carbocycles. The maximum atomic E-state index is 12.2. The van der Waals surface area contributed by atoms with Gasteiger partial charge in [-0.1, -0.05) is 6.07 Å².